The summed E-state index contributed by atoms with van der Waals surface area (Å²) in [4.78, 5) is 17.1. The van der Waals surface area contributed by atoms with E-state index in [-0.39, 0.29) is 17.4 Å². The van der Waals surface area contributed by atoms with Crippen molar-refractivity contribution in [1.29, 1.82) is 0 Å². The van der Waals surface area contributed by atoms with Crippen molar-refractivity contribution in [2.75, 3.05) is 26.2 Å². The van der Waals surface area contributed by atoms with E-state index >= 15 is 0 Å². The number of amides is 1. The number of benzene rings is 1. The van der Waals surface area contributed by atoms with Crippen molar-refractivity contribution >= 4 is 27.5 Å². The second kappa shape index (κ2) is 8.72. The van der Waals surface area contributed by atoms with Gasteiger partial charge in [-0.25, -0.2) is 4.79 Å². The van der Waals surface area contributed by atoms with Crippen molar-refractivity contribution in [3.05, 3.63) is 35.2 Å². The predicted molar refractivity (Wildman–Crippen MR) is 127 cm³/mol. The fourth-order valence-electron chi connectivity index (χ4n) is 5.45. The lowest BCUT2D eigenvalue weighted by Crippen LogP contribution is -2.60. The summed E-state index contributed by atoms with van der Waals surface area (Å²) in [6, 6.07) is 10.7. The van der Waals surface area contributed by atoms with Crippen LogP contribution in [0.2, 0.25) is 0 Å². The minimum absolute atomic E-state index is 0.0530. The summed E-state index contributed by atoms with van der Waals surface area (Å²) in [6.07, 6.45) is 4.23. The molecule has 1 aliphatic carbocycles. The van der Waals surface area contributed by atoms with Gasteiger partial charge in [0.1, 0.15) is 0 Å². The van der Waals surface area contributed by atoms with E-state index in [4.69, 9.17) is 0 Å². The van der Waals surface area contributed by atoms with E-state index in [2.05, 4.69) is 56.0 Å². The van der Waals surface area contributed by atoms with Crippen LogP contribution in [-0.2, 0) is 0 Å². The Labute approximate surface area is 189 Å². The summed E-state index contributed by atoms with van der Waals surface area (Å²) in [6.45, 7) is 9.10. The molecular weight excluding hydrogens is 408 g/mol. The Hall–Kier alpha value is -1.63. The largest absolute Gasteiger partial charge is 0.465 e. The van der Waals surface area contributed by atoms with Crippen LogP contribution in [0.3, 0.4) is 0 Å². The van der Waals surface area contributed by atoms with E-state index in [0.29, 0.717) is 13.1 Å². The summed E-state index contributed by atoms with van der Waals surface area (Å²) in [5, 5.41) is 22.7. The number of hydrogen-bond donors (Lipinski definition) is 2. The SMILES string of the molecule is CC(C)(C)C1CN(CC(c2cc3ccccc3s2)C2(O)CCCCC2)CCN1C(=O)O. The number of piperazine rings is 1. The Balaban J connectivity index is 1.62. The van der Waals surface area contributed by atoms with Gasteiger partial charge in [0.05, 0.1) is 11.6 Å². The van der Waals surface area contributed by atoms with Crippen molar-refractivity contribution in [2.24, 2.45) is 5.41 Å². The number of thiophene rings is 1. The van der Waals surface area contributed by atoms with E-state index in [9.17, 15) is 15.0 Å². The fourth-order valence-corrected chi connectivity index (χ4v) is 6.71. The van der Waals surface area contributed by atoms with Crippen LogP contribution in [0.4, 0.5) is 4.79 Å². The smallest absolute Gasteiger partial charge is 0.407 e. The monoisotopic (exact) mass is 444 g/mol. The molecule has 1 saturated carbocycles. The molecule has 170 valence electrons. The molecule has 0 radical (unpaired) electrons. The number of nitrogens with zero attached hydrogens (tertiary/aromatic N) is 2. The molecule has 31 heavy (non-hydrogen) atoms. The Morgan fingerprint density at radius 1 is 1.19 bits per heavy atom. The molecule has 2 aliphatic rings. The molecule has 4 rings (SSSR count). The van der Waals surface area contributed by atoms with Crippen LogP contribution in [0.15, 0.2) is 30.3 Å². The number of carboxylic acid groups (broad SMARTS) is 1. The molecule has 0 bridgehead atoms. The lowest BCUT2D eigenvalue weighted by molar-refractivity contribution is -0.0411. The zero-order chi connectivity index (χ0) is 22.2. The van der Waals surface area contributed by atoms with Gasteiger partial charge in [0, 0.05) is 41.7 Å². The van der Waals surface area contributed by atoms with Gasteiger partial charge in [-0.15, -0.1) is 11.3 Å². The molecular formula is C25H36N2O3S. The third-order valence-corrected chi connectivity index (χ3v) is 8.54. The summed E-state index contributed by atoms with van der Waals surface area (Å²) < 4.78 is 1.27. The first-order valence-corrected chi connectivity index (χ1v) is 12.4. The summed E-state index contributed by atoms with van der Waals surface area (Å²) >= 11 is 1.81. The number of rotatable bonds is 4. The van der Waals surface area contributed by atoms with Crippen molar-refractivity contribution in [3.63, 3.8) is 0 Å². The standard InChI is InChI=1S/C25H36N2O3S/c1-24(2,3)22-17-26(13-14-27(22)23(28)29)16-19(25(30)11-7-4-8-12-25)21-15-18-9-5-6-10-20(18)31-21/h5-6,9-10,15,19,22,30H,4,7-8,11-14,16-17H2,1-3H3,(H,28,29). The normalized spacial score (nSPS) is 23.7. The molecule has 6 heteroatoms. The van der Waals surface area contributed by atoms with Crippen LogP contribution in [0.25, 0.3) is 10.1 Å². The lowest BCUT2D eigenvalue weighted by atomic mass is 9.74. The third kappa shape index (κ3) is 4.76. The minimum Gasteiger partial charge on any atom is -0.465 e. The molecule has 0 spiro atoms. The highest BCUT2D eigenvalue weighted by Gasteiger charge is 2.43. The molecule has 2 N–H and O–H groups in total. The molecule has 1 aromatic heterocycles. The summed E-state index contributed by atoms with van der Waals surface area (Å²) in [5.41, 5.74) is -0.813. The van der Waals surface area contributed by atoms with Crippen LogP contribution in [0, 0.1) is 5.41 Å². The summed E-state index contributed by atoms with van der Waals surface area (Å²) in [7, 11) is 0. The maximum absolute atomic E-state index is 11.8. The van der Waals surface area contributed by atoms with Gasteiger partial charge in [-0.1, -0.05) is 58.2 Å². The molecule has 1 aromatic carbocycles. The highest BCUT2D eigenvalue weighted by atomic mass is 32.1. The molecule has 5 nitrogen and oxygen atoms in total. The van der Waals surface area contributed by atoms with Crippen LogP contribution in [-0.4, -0.2) is 63.9 Å². The van der Waals surface area contributed by atoms with E-state index < -0.39 is 11.7 Å². The Morgan fingerprint density at radius 3 is 2.55 bits per heavy atom. The predicted octanol–water partition coefficient (Wildman–Crippen LogP) is 5.39. The molecule has 2 aromatic rings. The van der Waals surface area contributed by atoms with E-state index in [1.807, 2.05) is 0 Å². The third-order valence-electron chi connectivity index (χ3n) is 7.31. The average Bonchev–Trinajstić information content (AvgIpc) is 3.15. The molecule has 1 amide bonds. The highest BCUT2D eigenvalue weighted by Crippen LogP contribution is 2.44. The topological polar surface area (TPSA) is 64.0 Å². The van der Waals surface area contributed by atoms with Crippen molar-refractivity contribution in [1.82, 2.24) is 9.80 Å². The fraction of sp³-hybridized carbons (Fsp3) is 0.640. The van der Waals surface area contributed by atoms with E-state index in [1.54, 1.807) is 16.2 Å². The number of carbonyl (C=O) groups is 1. The number of fused-ring (bicyclic) bond motifs is 1. The average molecular weight is 445 g/mol. The molecule has 2 unspecified atom stereocenters. The van der Waals surface area contributed by atoms with Crippen LogP contribution in [0.1, 0.15) is 63.7 Å². The molecule has 1 aliphatic heterocycles. The Bertz CT molecular complexity index is 880. The molecule has 2 heterocycles. The minimum atomic E-state index is -0.827. The zero-order valence-electron chi connectivity index (χ0n) is 19.0. The highest BCUT2D eigenvalue weighted by molar-refractivity contribution is 7.19. The first-order chi connectivity index (χ1) is 14.7. The first kappa shape index (κ1) is 22.6. The Morgan fingerprint density at radius 2 is 1.90 bits per heavy atom. The molecule has 2 fully saturated rings. The van der Waals surface area contributed by atoms with Crippen molar-refractivity contribution < 1.29 is 15.0 Å². The zero-order valence-corrected chi connectivity index (χ0v) is 19.8. The first-order valence-electron chi connectivity index (χ1n) is 11.6. The quantitative estimate of drug-likeness (QED) is 0.664. The lowest BCUT2D eigenvalue weighted by Gasteiger charge is -2.48. The van der Waals surface area contributed by atoms with Crippen molar-refractivity contribution in [3.8, 4) is 0 Å². The maximum Gasteiger partial charge on any atom is 0.407 e. The van der Waals surface area contributed by atoms with Gasteiger partial charge in [0.2, 0.25) is 0 Å². The van der Waals surface area contributed by atoms with Gasteiger partial charge in [0.25, 0.3) is 0 Å². The van der Waals surface area contributed by atoms with Crippen LogP contribution in [0.5, 0.6) is 0 Å². The number of hydrogen-bond acceptors (Lipinski definition) is 4. The Kier molecular flexibility index (Phi) is 6.35. The van der Waals surface area contributed by atoms with Gasteiger partial charge in [-0.05, 0) is 35.8 Å². The van der Waals surface area contributed by atoms with Crippen LogP contribution < -0.4 is 0 Å². The van der Waals surface area contributed by atoms with Gasteiger partial charge in [0.15, 0.2) is 0 Å². The second-order valence-electron chi connectivity index (χ2n) is 10.5. The number of aliphatic hydroxyl groups is 1. The maximum atomic E-state index is 11.8. The molecule has 1 saturated heterocycles. The van der Waals surface area contributed by atoms with Gasteiger partial charge in [-0.2, -0.15) is 0 Å². The van der Waals surface area contributed by atoms with Gasteiger partial charge >= 0.3 is 6.09 Å². The van der Waals surface area contributed by atoms with Gasteiger partial charge in [-0.3, -0.25) is 4.90 Å². The van der Waals surface area contributed by atoms with Gasteiger partial charge < -0.3 is 15.1 Å². The second-order valence-corrected chi connectivity index (χ2v) is 11.6. The van der Waals surface area contributed by atoms with E-state index in [0.717, 1.165) is 38.8 Å². The molecule has 2 atom stereocenters. The van der Waals surface area contributed by atoms with Crippen LogP contribution >= 0.6 is 11.3 Å². The van der Waals surface area contributed by atoms with E-state index in [1.165, 1.54) is 21.4 Å². The van der Waals surface area contributed by atoms with Crippen molar-refractivity contribution in [2.45, 2.75) is 70.4 Å². The summed E-state index contributed by atoms with van der Waals surface area (Å²) in [5.74, 6) is 0.0576.